The summed E-state index contributed by atoms with van der Waals surface area (Å²) in [4.78, 5) is 6.67. The van der Waals surface area contributed by atoms with E-state index < -0.39 is 0 Å². The maximum absolute atomic E-state index is 10.4. The third-order valence-corrected chi connectivity index (χ3v) is 5.70. The van der Waals surface area contributed by atoms with Crippen molar-refractivity contribution in [2.45, 2.75) is 37.8 Å². The molecule has 3 N–H and O–H groups in total. The molecular weight excluding hydrogens is 425 g/mol. The molecule has 1 atom stereocenters. The highest BCUT2D eigenvalue weighted by atomic mass is 35.5. The molecule has 2 aliphatic rings. The lowest BCUT2D eigenvalue weighted by Gasteiger charge is -2.29. The van der Waals surface area contributed by atoms with E-state index in [0.717, 1.165) is 30.6 Å². The summed E-state index contributed by atoms with van der Waals surface area (Å²) in [6, 6.07) is 6.66. The Balaban J connectivity index is 0.00000128. The molecule has 1 saturated carbocycles. The second-order valence-corrected chi connectivity index (χ2v) is 7.59. The molecule has 160 valence electrons. The summed E-state index contributed by atoms with van der Waals surface area (Å²) in [5.74, 6) is 0.796. The minimum atomic E-state index is 0. The number of aromatic hydroxyl groups is 1. The van der Waals surface area contributed by atoms with Crippen LogP contribution >= 0.6 is 24.8 Å². The summed E-state index contributed by atoms with van der Waals surface area (Å²) in [6.45, 7) is 1.86. The first-order valence-corrected chi connectivity index (χ1v) is 9.79. The van der Waals surface area contributed by atoms with E-state index in [0.29, 0.717) is 29.3 Å². The molecule has 2 aromatic heterocycles. The molecule has 30 heavy (non-hydrogen) atoms. The van der Waals surface area contributed by atoms with Crippen molar-refractivity contribution in [3.63, 3.8) is 0 Å². The highest BCUT2D eigenvalue weighted by Crippen LogP contribution is 2.32. The SMILES string of the molecule is Cl.Cl.Oc1cc(-c2cn[nH]c2)ccc1-c1cnc(N2CC[C@H](NC3CCC3)C2)nn1. The molecule has 2 fully saturated rings. The Labute approximate surface area is 187 Å². The van der Waals surface area contributed by atoms with Crippen LogP contribution in [-0.4, -0.2) is 55.7 Å². The zero-order chi connectivity index (χ0) is 18.9. The molecule has 3 heterocycles. The van der Waals surface area contributed by atoms with Crippen LogP contribution in [0.4, 0.5) is 5.95 Å². The lowest BCUT2D eigenvalue weighted by Crippen LogP contribution is -2.43. The monoisotopic (exact) mass is 449 g/mol. The second-order valence-electron chi connectivity index (χ2n) is 7.59. The number of H-pyrrole nitrogens is 1. The van der Waals surface area contributed by atoms with E-state index in [2.05, 4.69) is 35.6 Å². The smallest absolute Gasteiger partial charge is 0.245 e. The van der Waals surface area contributed by atoms with Gasteiger partial charge in [0.1, 0.15) is 11.4 Å². The molecule has 0 unspecified atom stereocenters. The second kappa shape index (κ2) is 9.59. The van der Waals surface area contributed by atoms with Crippen molar-refractivity contribution in [3.05, 3.63) is 36.8 Å². The molecule has 3 aromatic rings. The molecule has 0 radical (unpaired) electrons. The first-order chi connectivity index (χ1) is 13.8. The number of hydrogen-bond acceptors (Lipinski definition) is 7. The van der Waals surface area contributed by atoms with E-state index >= 15 is 0 Å². The number of nitrogens with zero attached hydrogens (tertiary/aromatic N) is 5. The van der Waals surface area contributed by atoms with Gasteiger partial charge in [-0.2, -0.15) is 5.10 Å². The van der Waals surface area contributed by atoms with E-state index in [1.807, 2.05) is 12.1 Å². The molecule has 1 aliphatic heterocycles. The van der Waals surface area contributed by atoms with Crippen molar-refractivity contribution >= 4 is 30.8 Å². The topological polar surface area (TPSA) is 103 Å². The third-order valence-electron chi connectivity index (χ3n) is 5.70. The van der Waals surface area contributed by atoms with Gasteiger partial charge >= 0.3 is 0 Å². The molecule has 0 spiro atoms. The normalized spacial score (nSPS) is 18.4. The average Bonchev–Trinajstić information content (AvgIpc) is 3.37. The Morgan fingerprint density at radius 1 is 1.03 bits per heavy atom. The van der Waals surface area contributed by atoms with E-state index in [-0.39, 0.29) is 30.6 Å². The largest absolute Gasteiger partial charge is 0.507 e. The minimum Gasteiger partial charge on any atom is -0.507 e. The van der Waals surface area contributed by atoms with Crippen LogP contribution in [0.15, 0.2) is 36.8 Å². The third kappa shape index (κ3) is 4.50. The number of benzene rings is 1. The molecule has 1 saturated heterocycles. The van der Waals surface area contributed by atoms with Crippen molar-refractivity contribution in [1.29, 1.82) is 0 Å². The maximum atomic E-state index is 10.4. The number of aromatic amines is 1. The summed E-state index contributed by atoms with van der Waals surface area (Å²) in [5, 5.41) is 29.5. The fourth-order valence-corrected chi connectivity index (χ4v) is 3.86. The van der Waals surface area contributed by atoms with Crippen LogP contribution in [0, 0.1) is 0 Å². The van der Waals surface area contributed by atoms with Gasteiger partial charge in [-0.15, -0.1) is 35.0 Å². The van der Waals surface area contributed by atoms with Crippen molar-refractivity contribution in [1.82, 2.24) is 30.7 Å². The number of phenolic OH excluding ortho intramolecular Hbond substituents is 1. The molecule has 0 amide bonds. The number of halogens is 2. The predicted molar refractivity (Wildman–Crippen MR) is 120 cm³/mol. The zero-order valence-electron chi connectivity index (χ0n) is 16.4. The molecule has 0 bridgehead atoms. The van der Waals surface area contributed by atoms with Crippen molar-refractivity contribution in [2.75, 3.05) is 18.0 Å². The van der Waals surface area contributed by atoms with Gasteiger partial charge in [0.15, 0.2) is 0 Å². The summed E-state index contributed by atoms with van der Waals surface area (Å²) in [5.41, 5.74) is 2.98. The van der Waals surface area contributed by atoms with Crippen LogP contribution in [0.2, 0.25) is 0 Å². The summed E-state index contributed by atoms with van der Waals surface area (Å²) >= 11 is 0. The first-order valence-electron chi connectivity index (χ1n) is 9.79. The van der Waals surface area contributed by atoms with Crippen LogP contribution in [0.5, 0.6) is 5.75 Å². The van der Waals surface area contributed by atoms with E-state index in [1.54, 1.807) is 24.7 Å². The zero-order valence-corrected chi connectivity index (χ0v) is 18.0. The standard InChI is InChI=1S/C20H23N7O.2ClH/c28-19-8-13(14-9-22-23-10-14)4-5-17(19)18-11-21-20(26-25-18)27-7-6-16(12-27)24-15-2-1-3-15;;/h4-5,8-11,15-16,24,28H,1-3,6-7,12H2,(H,22,23);2*1H/t16-;;/m0../s1. The van der Waals surface area contributed by atoms with Crippen LogP contribution < -0.4 is 10.2 Å². The lowest BCUT2D eigenvalue weighted by atomic mass is 9.92. The Bertz CT molecular complexity index is 948. The number of anilines is 1. The number of aromatic nitrogens is 5. The Morgan fingerprint density at radius 2 is 1.90 bits per heavy atom. The molecule has 8 nitrogen and oxygen atoms in total. The molecule has 1 aliphatic carbocycles. The van der Waals surface area contributed by atoms with Crippen LogP contribution in [-0.2, 0) is 0 Å². The van der Waals surface area contributed by atoms with Gasteiger partial charge in [-0.1, -0.05) is 12.5 Å². The summed E-state index contributed by atoms with van der Waals surface area (Å²) < 4.78 is 0. The Morgan fingerprint density at radius 3 is 2.53 bits per heavy atom. The fraction of sp³-hybridized carbons (Fsp3) is 0.400. The molecule has 5 rings (SSSR count). The van der Waals surface area contributed by atoms with Crippen LogP contribution in [0.3, 0.4) is 0 Å². The number of hydrogen-bond donors (Lipinski definition) is 3. The quantitative estimate of drug-likeness (QED) is 0.549. The highest BCUT2D eigenvalue weighted by molar-refractivity contribution is 5.85. The number of nitrogens with one attached hydrogen (secondary N) is 2. The fourth-order valence-electron chi connectivity index (χ4n) is 3.86. The molecular formula is C20H25Cl2N7O. The minimum absolute atomic E-state index is 0. The van der Waals surface area contributed by atoms with Gasteiger partial charge in [-0.3, -0.25) is 5.10 Å². The van der Waals surface area contributed by atoms with Crippen molar-refractivity contribution in [2.24, 2.45) is 0 Å². The summed E-state index contributed by atoms with van der Waals surface area (Å²) in [6.07, 6.45) is 10.2. The number of rotatable bonds is 5. The van der Waals surface area contributed by atoms with E-state index in [1.165, 1.54) is 19.3 Å². The van der Waals surface area contributed by atoms with Gasteiger partial charge in [0, 0.05) is 42.5 Å². The Kier molecular flexibility index (Phi) is 7.12. The van der Waals surface area contributed by atoms with Gasteiger partial charge in [-0.05, 0) is 37.0 Å². The van der Waals surface area contributed by atoms with Crippen LogP contribution in [0.25, 0.3) is 22.4 Å². The van der Waals surface area contributed by atoms with Gasteiger partial charge < -0.3 is 15.3 Å². The maximum Gasteiger partial charge on any atom is 0.245 e. The molecule has 1 aromatic carbocycles. The average molecular weight is 450 g/mol. The van der Waals surface area contributed by atoms with Crippen molar-refractivity contribution in [3.8, 4) is 28.1 Å². The van der Waals surface area contributed by atoms with Crippen LogP contribution in [0.1, 0.15) is 25.7 Å². The van der Waals surface area contributed by atoms with E-state index in [9.17, 15) is 5.11 Å². The lowest BCUT2D eigenvalue weighted by molar-refractivity contribution is 0.311. The predicted octanol–water partition coefficient (Wildman–Crippen LogP) is 3.20. The number of phenols is 1. The van der Waals surface area contributed by atoms with E-state index in [4.69, 9.17) is 0 Å². The van der Waals surface area contributed by atoms with Crippen molar-refractivity contribution < 1.29 is 5.11 Å². The Hall–Kier alpha value is -2.42. The van der Waals surface area contributed by atoms with Gasteiger partial charge in [-0.25, -0.2) is 4.98 Å². The summed E-state index contributed by atoms with van der Waals surface area (Å²) in [7, 11) is 0. The van der Waals surface area contributed by atoms with Gasteiger partial charge in [0.2, 0.25) is 5.95 Å². The molecule has 10 heteroatoms. The van der Waals surface area contributed by atoms with Gasteiger partial charge in [0.05, 0.1) is 12.4 Å². The van der Waals surface area contributed by atoms with Gasteiger partial charge in [0.25, 0.3) is 0 Å². The first kappa shape index (κ1) is 22.3. The highest BCUT2D eigenvalue weighted by Gasteiger charge is 2.28.